The molecule has 0 spiro atoms. The van der Waals surface area contributed by atoms with Crippen LogP contribution in [0.3, 0.4) is 0 Å². The minimum absolute atomic E-state index is 0.0706. The monoisotopic (exact) mass is 432 g/mol. The van der Waals surface area contributed by atoms with Crippen LogP contribution in [0.4, 0.5) is 11.6 Å². The van der Waals surface area contributed by atoms with Crippen LogP contribution >= 0.6 is 0 Å². The first-order valence-electron chi connectivity index (χ1n) is 11.4. The molecule has 2 aromatic heterocycles. The first-order valence-corrected chi connectivity index (χ1v) is 11.4. The third-order valence-corrected chi connectivity index (χ3v) is 6.22. The number of pyridine rings is 1. The number of primary amides is 1. The Balaban J connectivity index is 1.34. The van der Waals surface area contributed by atoms with E-state index in [4.69, 9.17) is 20.4 Å². The molecular formula is C24H28N6O2. The molecule has 8 heteroatoms. The molecule has 1 amide bonds. The van der Waals surface area contributed by atoms with Gasteiger partial charge in [0.15, 0.2) is 11.6 Å². The molecule has 1 aromatic carbocycles. The zero-order valence-electron chi connectivity index (χ0n) is 18.1. The van der Waals surface area contributed by atoms with E-state index in [1.807, 2.05) is 24.3 Å². The number of carbonyl (C=O) groups is 1. The second-order valence-electron chi connectivity index (χ2n) is 8.45. The van der Waals surface area contributed by atoms with E-state index < -0.39 is 5.91 Å². The number of nitrogens with zero attached hydrogens (tertiary/aromatic N) is 5. The minimum Gasteiger partial charge on any atom is -0.490 e. The first-order chi connectivity index (χ1) is 15.7. The van der Waals surface area contributed by atoms with Crippen molar-refractivity contribution in [1.82, 2.24) is 15.0 Å². The second kappa shape index (κ2) is 8.98. The van der Waals surface area contributed by atoms with Crippen molar-refractivity contribution < 1.29 is 9.53 Å². The average Bonchev–Trinajstić information content (AvgIpc) is 2.84. The van der Waals surface area contributed by atoms with Crippen LogP contribution in [-0.2, 0) is 0 Å². The fourth-order valence-electron chi connectivity index (χ4n) is 4.51. The van der Waals surface area contributed by atoms with E-state index in [0.717, 1.165) is 61.7 Å². The number of amides is 1. The number of rotatable bonds is 5. The van der Waals surface area contributed by atoms with Crippen molar-refractivity contribution in [3.8, 4) is 5.75 Å². The Bertz CT molecular complexity index is 1110. The van der Waals surface area contributed by atoms with Gasteiger partial charge >= 0.3 is 0 Å². The molecule has 166 valence electrons. The van der Waals surface area contributed by atoms with Crippen LogP contribution in [0.2, 0.25) is 0 Å². The normalized spacial score (nSPS) is 17.5. The van der Waals surface area contributed by atoms with Crippen molar-refractivity contribution in [1.29, 1.82) is 0 Å². The summed E-state index contributed by atoms with van der Waals surface area (Å²) in [7, 11) is 0. The third-order valence-electron chi connectivity index (χ3n) is 6.22. The van der Waals surface area contributed by atoms with Crippen molar-refractivity contribution in [2.45, 2.75) is 38.2 Å². The Kier molecular flexibility index (Phi) is 5.75. The smallest absolute Gasteiger partial charge is 0.267 e. The Morgan fingerprint density at radius 1 is 0.906 bits per heavy atom. The fourth-order valence-corrected chi connectivity index (χ4v) is 4.51. The van der Waals surface area contributed by atoms with Gasteiger partial charge in [-0.15, -0.1) is 0 Å². The lowest BCUT2D eigenvalue weighted by Crippen LogP contribution is -2.40. The molecule has 5 rings (SSSR count). The van der Waals surface area contributed by atoms with Crippen LogP contribution in [0.15, 0.2) is 42.6 Å². The molecule has 0 radical (unpaired) electrons. The Morgan fingerprint density at radius 2 is 1.53 bits per heavy atom. The lowest BCUT2D eigenvalue weighted by molar-refractivity contribution is 0.0994. The highest BCUT2D eigenvalue weighted by Crippen LogP contribution is 2.32. The summed E-state index contributed by atoms with van der Waals surface area (Å²) >= 11 is 0. The van der Waals surface area contributed by atoms with Gasteiger partial charge in [0.25, 0.3) is 5.91 Å². The zero-order valence-corrected chi connectivity index (χ0v) is 18.1. The van der Waals surface area contributed by atoms with E-state index in [1.54, 1.807) is 18.3 Å². The summed E-state index contributed by atoms with van der Waals surface area (Å²) < 4.78 is 6.13. The average molecular weight is 433 g/mol. The summed E-state index contributed by atoms with van der Waals surface area (Å²) in [4.78, 5) is 30.2. The molecule has 4 heterocycles. The Morgan fingerprint density at radius 3 is 2.16 bits per heavy atom. The highest BCUT2D eigenvalue weighted by Gasteiger charge is 2.27. The van der Waals surface area contributed by atoms with Crippen LogP contribution in [-0.4, -0.2) is 53.1 Å². The number of hydrogen-bond donors (Lipinski definition) is 1. The predicted octanol–water partition coefficient (Wildman–Crippen LogP) is 3.16. The van der Waals surface area contributed by atoms with Crippen LogP contribution in [0.25, 0.3) is 11.0 Å². The van der Waals surface area contributed by atoms with Gasteiger partial charge in [-0.3, -0.25) is 9.78 Å². The third kappa shape index (κ3) is 4.30. The highest BCUT2D eigenvalue weighted by molar-refractivity contribution is 5.91. The standard InChI is InChI=1S/C24H28N6O2/c25-22(31)21-16-18(8-11-26-21)32-17-9-14-30(15-10-17)24-23(29-12-4-1-5-13-29)27-19-6-2-3-7-20(19)28-24/h2-3,6-8,11,16-17H,1,4-5,9-10,12-15H2,(H2,25,31). The topological polar surface area (TPSA) is 97.5 Å². The number of aromatic nitrogens is 3. The molecule has 0 atom stereocenters. The van der Waals surface area contributed by atoms with Gasteiger partial charge in [-0.2, -0.15) is 0 Å². The minimum atomic E-state index is -0.551. The van der Waals surface area contributed by atoms with E-state index >= 15 is 0 Å². The maximum atomic E-state index is 11.4. The number of fused-ring (bicyclic) bond motifs is 1. The van der Waals surface area contributed by atoms with Gasteiger partial charge in [0, 0.05) is 51.3 Å². The molecule has 0 bridgehead atoms. The van der Waals surface area contributed by atoms with Gasteiger partial charge in [-0.1, -0.05) is 12.1 Å². The first kappa shape index (κ1) is 20.5. The van der Waals surface area contributed by atoms with Gasteiger partial charge in [0.1, 0.15) is 17.5 Å². The molecule has 2 aliphatic heterocycles. The molecular weight excluding hydrogens is 404 g/mol. The van der Waals surface area contributed by atoms with Crippen LogP contribution in [0.5, 0.6) is 5.75 Å². The van der Waals surface area contributed by atoms with Crippen LogP contribution < -0.4 is 20.3 Å². The van der Waals surface area contributed by atoms with Crippen molar-refractivity contribution in [2.75, 3.05) is 36.0 Å². The zero-order chi connectivity index (χ0) is 21.9. The summed E-state index contributed by atoms with van der Waals surface area (Å²) in [5, 5.41) is 0. The Labute approximate surface area is 187 Å². The molecule has 0 aliphatic carbocycles. The molecule has 0 saturated carbocycles. The number of para-hydroxylation sites is 2. The number of carbonyl (C=O) groups excluding carboxylic acids is 1. The van der Waals surface area contributed by atoms with Crippen LogP contribution in [0.1, 0.15) is 42.6 Å². The predicted molar refractivity (Wildman–Crippen MR) is 124 cm³/mol. The summed E-state index contributed by atoms with van der Waals surface area (Å²) in [6.07, 6.45) is 7.03. The van der Waals surface area contributed by atoms with E-state index in [1.165, 1.54) is 19.3 Å². The SMILES string of the molecule is NC(=O)c1cc(OC2CCN(c3nc4ccccc4nc3N3CCCCC3)CC2)ccn1. The number of nitrogens with two attached hydrogens (primary N) is 1. The van der Waals surface area contributed by atoms with Crippen molar-refractivity contribution in [3.05, 3.63) is 48.3 Å². The van der Waals surface area contributed by atoms with Crippen molar-refractivity contribution in [2.24, 2.45) is 5.73 Å². The molecule has 32 heavy (non-hydrogen) atoms. The lowest BCUT2D eigenvalue weighted by atomic mass is 10.1. The lowest BCUT2D eigenvalue weighted by Gasteiger charge is -2.36. The Hall–Kier alpha value is -3.42. The highest BCUT2D eigenvalue weighted by atomic mass is 16.5. The molecule has 3 aromatic rings. The van der Waals surface area contributed by atoms with Gasteiger partial charge < -0.3 is 20.3 Å². The van der Waals surface area contributed by atoms with Gasteiger partial charge in [-0.25, -0.2) is 9.97 Å². The number of anilines is 2. The molecule has 2 fully saturated rings. The number of piperidine rings is 2. The summed E-state index contributed by atoms with van der Waals surface area (Å²) in [6, 6.07) is 11.5. The largest absolute Gasteiger partial charge is 0.490 e. The fraction of sp³-hybridized carbons (Fsp3) is 0.417. The number of hydrogen-bond acceptors (Lipinski definition) is 7. The molecule has 2 aliphatic rings. The summed E-state index contributed by atoms with van der Waals surface area (Å²) in [6.45, 7) is 3.74. The van der Waals surface area contributed by atoms with E-state index in [9.17, 15) is 4.79 Å². The maximum Gasteiger partial charge on any atom is 0.267 e. The molecule has 2 N–H and O–H groups in total. The van der Waals surface area contributed by atoms with Crippen molar-refractivity contribution in [3.63, 3.8) is 0 Å². The number of ether oxygens (including phenoxy) is 1. The summed E-state index contributed by atoms with van der Waals surface area (Å²) in [5.41, 5.74) is 7.42. The quantitative estimate of drug-likeness (QED) is 0.661. The van der Waals surface area contributed by atoms with Gasteiger partial charge in [0.05, 0.1) is 11.0 Å². The number of benzene rings is 1. The van der Waals surface area contributed by atoms with Gasteiger partial charge in [-0.05, 0) is 37.5 Å². The molecule has 0 unspecified atom stereocenters. The maximum absolute atomic E-state index is 11.4. The molecule has 8 nitrogen and oxygen atoms in total. The van der Waals surface area contributed by atoms with Gasteiger partial charge in [0.2, 0.25) is 0 Å². The molecule has 2 saturated heterocycles. The van der Waals surface area contributed by atoms with E-state index in [-0.39, 0.29) is 11.8 Å². The van der Waals surface area contributed by atoms with Crippen LogP contribution in [0, 0.1) is 0 Å². The second-order valence-corrected chi connectivity index (χ2v) is 8.45. The van der Waals surface area contributed by atoms with E-state index in [0.29, 0.717) is 5.75 Å². The van der Waals surface area contributed by atoms with Crippen molar-refractivity contribution >= 4 is 28.6 Å². The van der Waals surface area contributed by atoms with E-state index in [2.05, 4.69) is 14.8 Å². The summed E-state index contributed by atoms with van der Waals surface area (Å²) in [5.74, 6) is 2.06.